The van der Waals surface area contributed by atoms with Crippen LogP contribution in [0.4, 0.5) is 35.1 Å². The smallest absolute Gasteiger partial charge is 0.423 e. The molecule has 0 aliphatic rings. The Balaban J connectivity index is 0.000000137. The zero-order valence-corrected chi connectivity index (χ0v) is 59.6. The van der Waals surface area contributed by atoms with Crippen LogP contribution < -0.4 is 10.9 Å². The fraction of sp³-hybridized carbons (Fsp3) is 0. The lowest BCUT2D eigenvalue weighted by Gasteiger charge is -2.09. The second-order valence-electron chi connectivity index (χ2n) is 23.3. The molecule has 0 aliphatic carbocycles. The van der Waals surface area contributed by atoms with E-state index in [4.69, 9.17) is 43.3 Å². The van der Waals surface area contributed by atoms with E-state index in [9.17, 15) is 35.1 Å². The van der Waals surface area contributed by atoms with Crippen LogP contribution in [0.2, 0.25) is 10.6 Å². The van der Waals surface area contributed by atoms with Crippen molar-refractivity contribution in [1.82, 2.24) is 59.8 Å². The summed E-state index contributed by atoms with van der Waals surface area (Å²) in [6, 6.07) is 90.5. The number of nitrogens with zero attached hydrogens (tertiary/aromatic N) is 12. The average molecular weight is 1540 g/mol. The van der Waals surface area contributed by atoms with Crippen LogP contribution in [0.5, 0.6) is 0 Å². The van der Waals surface area contributed by atoms with Gasteiger partial charge in [0, 0.05) is 55.4 Å². The van der Waals surface area contributed by atoms with Crippen LogP contribution in [-0.2, 0) is 0 Å². The second kappa shape index (κ2) is 39.2. The molecule has 0 amide bonds. The summed E-state index contributed by atoms with van der Waals surface area (Å²) in [5.74, 6) is -4.32. The highest BCUT2D eigenvalue weighted by molar-refractivity contribution is 6.59. The molecule has 0 fully saturated rings. The predicted molar refractivity (Wildman–Crippen MR) is 416 cm³/mol. The Morgan fingerprint density at radius 2 is 0.357 bits per heavy atom. The maximum absolute atomic E-state index is 14.3. The van der Waals surface area contributed by atoms with Crippen molar-refractivity contribution < 1.29 is 55.2 Å². The first-order valence-corrected chi connectivity index (χ1v) is 34.4. The van der Waals surface area contributed by atoms with E-state index < -0.39 is 71.7 Å². The minimum absolute atomic E-state index is 0.00163. The minimum atomic E-state index is -1.97. The molecule has 12 aromatic carbocycles. The Labute approximate surface area is 646 Å². The van der Waals surface area contributed by atoms with Crippen molar-refractivity contribution in [1.29, 1.82) is 0 Å². The Hall–Kier alpha value is -13.3. The number of hydrogen-bond donors (Lipinski definition) is 4. The SMILES string of the molecule is Clc1nc(-c2ccccc2)nc(-c2ccccc2)n1.Clc1nc(-c2ccccc2)nc(-c2ccccc2)n1.Fc1cccc(-c2nc(-c3ccccc3)nc(-c3ccccc3)n2)c1F.Fc1cccc(-c2nc(-c3ccccc3)nc(-c3ccccc3)n2)c1F.OB(O)c1cccc(F)c1F.OB(O)c1cccc(F)c1F. The molecule has 0 saturated carbocycles. The van der Waals surface area contributed by atoms with Crippen LogP contribution in [0, 0.1) is 46.5 Å². The third-order valence-corrected chi connectivity index (χ3v) is 16.0. The van der Waals surface area contributed by atoms with Crippen LogP contribution in [0.15, 0.2) is 315 Å². The van der Waals surface area contributed by atoms with Gasteiger partial charge in [-0.2, -0.15) is 19.9 Å². The van der Waals surface area contributed by atoms with Gasteiger partial charge in [-0.3, -0.25) is 0 Å². The molecule has 0 unspecified atom stereocenters. The fourth-order valence-electron chi connectivity index (χ4n) is 10.2. The Bertz CT molecular complexity index is 5180. The van der Waals surface area contributed by atoms with Gasteiger partial charge in [0.2, 0.25) is 10.6 Å². The van der Waals surface area contributed by atoms with Crippen LogP contribution in [0.3, 0.4) is 0 Å². The highest BCUT2D eigenvalue weighted by atomic mass is 35.5. The van der Waals surface area contributed by atoms with E-state index in [1.165, 1.54) is 36.4 Å². The zero-order valence-electron chi connectivity index (χ0n) is 58.1. The standard InChI is InChI=1S/2C21H13F2N3.2C15H10ClN3.2C6H5BF2O2/c2*22-17-13-7-12-16(18(17)23)21-25-19(14-8-3-1-4-9-14)24-20(26-21)15-10-5-2-6-11-15;2*16-15-18-13(11-7-3-1-4-8-11)17-14(19-15)12-9-5-2-6-10-12;2*8-5-3-1-2-4(6(5)9)7(10)11/h2*1-13H;2*1-10H;2*1-3,10-11H. The monoisotopic (exact) mass is 1540 g/mol. The van der Waals surface area contributed by atoms with Gasteiger partial charge in [0.05, 0.1) is 11.1 Å². The molecule has 0 bridgehead atoms. The summed E-state index contributed by atoms with van der Waals surface area (Å²) in [4.78, 5) is 52.1. The van der Waals surface area contributed by atoms with Crippen LogP contribution in [-0.4, -0.2) is 94.1 Å². The first-order chi connectivity index (χ1) is 54.3. The molecule has 4 N–H and O–H groups in total. The summed E-state index contributed by atoms with van der Waals surface area (Å²) in [6.45, 7) is 0. The van der Waals surface area contributed by atoms with E-state index >= 15 is 0 Å². The van der Waals surface area contributed by atoms with Crippen molar-refractivity contribution in [2.24, 2.45) is 0 Å². The Kier molecular flexibility index (Phi) is 27.9. The first-order valence-electron chi connectivity index (χ1n) is 33.6. The highest BCUT2D eigenvalue weighted by Crippen LogP contribution is 2.30. The molecule has 112 heavy (non-hydrogen) atoms. The molecule has 16 aromatic rings. The molecule has 4 aromatic heterocycles. The molecule has 0 spiro atoms. The Morgan fingerprint density at radius 1 is 0.188 bits per heavy atom. The van der Waals surface area contributed by atoms with Gasteiger partial charge in [0.15, 0.2) is 105 Å². The average Bonchev–Trinajstić information content (AvgIpc) is 0.795. The van der Waals surface area contributed by atoms with Gasteiger partial charge in [0.25, 0.3) is 0 Å². The third kappa shape index (κ3) is 21.5. The van der Waals surface area contributed by atoms with E-state index in [0.717, 1.165) is 80.9 Å². The van der Waals surface area contributed by atoms with Crippen LogP contribution >= 0.6 is 23.2 Å². The largest absolute Gasteiger partial charge is 0.491 e. The lowest BCUT2D eigenvalue weighted by molar-refractivity contribution is 0.419. The molecule has 552 valence electrons. The van der Waals surface area contributed by atoms with Gasteiger partial charge >= 0.3 is 14.2 Å². The number of aromatic nitrogens is 12. The summed E-state index contributed by atoms with van der Waals surface area (Å²) >= 11 is 12.0. The summed E-state index contributed by atoms with van der Waals surface area (Å²) < 4.78 is 106. The summed E-state index contributed by atoms with van der Waals surface area (Å²) in [6.07, 6.45) is 0. The van der Waals surface area contributed by atoms with Crippen molar-refractivity contribution in [3.05, 3.63) is 373 Å². The number of halogens is 10. The lowest BCUT2D eigenvalue weighted by Crippen LogP contribution is -2.33. The highest BCUT2D eigenvalue weighted by Gasteiger charge is 2.22. The maximum Gasteiger partial charge on any atom is 0.491 e. The molecule has 0 aliphatic heterocycles. The van der Waals surface area contributed by atoms with E-state index in [1.54, 1.807) is 0 Å². The van der Waals surface area contributed by atoms with Gasteiger partial charge in [-0.15, -0.1) is 0 Å². The van der Waals surface area contributed by atoms with Crippen molar-refractivity contribution >= 4 is 48.4 Å². The maximum atomic E-state index is 14.3. The first kappa shape index (κ1) is 79.7. The molecular weight excluding hydrogens is 1490 g/mol. The minimum Gasteiger partial charge on any atom is -0.423 e. The fourth-order valence-corrected chi connectivity index (χ4v) is 10.5. The quantitative estimate of drug-likeness (QED) is 0.0657. The molecular formula is C84H56B2Cl2F8N12O4. The number of rotatable bonds is 12. The number of benzene rings is 12. The topological polar surface area (TPSA) is 236 Å². The van der Waals surface area contributed by atoms with Gasteiger partial charge in [-0.05, 0) is 59.6 Å². The lowest BCUT2D eigenvalue weighted by atomic mass is 9.80. The van der Waals surface area contributed by atoms with Crippen molar-refractivity contribution in [2.45, 2.75) is 0 Å². The molecule has 28 heteroatoms. The van der Waals surface area contributed by atoms with Gasteiger partial charge < -0.3 is 20.1 Å². The second-order valence-corrected chi connectivity index (χ2v) is 24.0. The van der Waals surface area contributed by atoms with E-state index in [2.05, 4.69) is 59.8 Å². The van der Waals surface area contributed by atoms with Crippen molar-refractivity contribution in [3.63, 3.8) is 0 Å². The molecule has 0 radical (unpaired) electrons. The third-order valence-electron chi connectivity index (χ3n) is 15.6. The Morgan fingerprint density at radius 3 is 0.545 bits per heavy atom. The van der Waals surface area contributed by atoms with Gasteiger partial charge in [-0.25, -0.2) is 75.0 Å². The summed E-state index contributed by atoms with van der Waals surface area (Å²) in [5.41, 5.74) is 5.85. The normalized spacial score (nSPS) is 10.4. The van der Waals surface area contributed by atoms with Crippen molar-refractivity contribution in [3.8, 4) is 114 Å². The predicted octanol–water partition coefficient (Wildman–Crippen LogP) is 17.3. The van der Waals surface area contributed by atoms with Gasteiger partial charge in [-0.1, -0.05) is 279 Å². The summed E-state index contributed by atoms with van der Waals surface area (Å²) in [7, 11) is -3.93. The van der Waals surface area contributed by atoms with Crippen molar-refractivity contribution in [2.75, 3.05) is 0 Å². The van der Waals surface area contributed by atoms with Crippen LogP contribution in [0.1, 0.15) is 0 Å². The number of hydrogen-bond acceptors (Lipinski definition) is 16. The van der Waals surface area contributed by atoms with E-state index in [0.29, 0.717) is 46.6 Å². The molecule has 4 heterocycles. The van der Waals surface area contributed by atoms with Gasteiger partial charge in [0.1, 0.15) is 0 Å². The molecule has 16 nitrogen and oxygen atoms in total. The van der Waals surface area contributed by atoms with Crippen LogP contribution in [0.25, 0.3) is 114 Å². The molecule has 0 atom stereocenters. The zero-order chi connectivity index (χ0) is 78.9. The molecule has 0 saturated heterocycles. The van der Waals surface area contributed by atoms with E-state index in [1.807, 2.05) is 243 Å². The summed E-state index contributed by atoms with van der Waals surface area (Å²) in [5, 5.41) is 34.3. The molecule has 16 rings (SSSR count). The van der Waals surface area contributed by atoms with E-state index in [-0.39, 0.29) is 33.3 Å².